The summed E-state index contributed by atoms with van der Waals surface area (Å²) in [5.74, 6) is 0.937. The molecule has 0 aliphatic rings. The molecule has 5 nitrogen and oxygen atoms in total. The van der Waals surface area contributed by atoms with Gasteiger partial charge in [0.15, 0.2) is 11.5 Å². The minimum atomic E-state index is -0.312. The number of hydrogen-bond donors (Lipinski definition) is 0. The van der Waals surface area contributed by atoms with E-state index in [9.17, 15) is 5.11 Å². The molecule has 0 aliphatic carbocycles. The summed E-state index contributed by atoms with van der Waals surface area (Å²) in [5, 5.41) is 19.1. The van der Waals surface area contributed by atoms with E-state index in [0.29, 0.717) is 17.1 Å². The molecule has 0 fully saturated rings. The zero-order valence-corrected chi connectivity index (χ0v) is 16.2. The highest BCUT2D eigenvalue weighted by molar-refractivity contribution is 5.93. The van der Waals surface area contributed by atoms with Gasteiger partial charge in [-0.25, -0.2) is 0 Å². The van der Waals surface area contributed by atoms with Crippen molar-refractivity contribution in [2.75, 3.05) is 14.2 Å². The number of rotatable bonds is 5. The Morgan fingerprint density at radius 3 is 2.31 bits per heavy atom. The number of benzene rings is 3. The minimum absolute atomic E-state index is 0.312. The number of methoxy groups -OCH3 is 2. The number of nitrogens with zero attached hydrogens (tertiary/aromatic N) is 2. The van der Waals surface area contributed by atoms with E-state index in [0.717, 1.165) is 22.0 Å². The van der Waals surface area contributed by atoms with Crippen LogP contribution in [0.2, 0.25) is 0 Å². The lowest BCUT2D eigenvalue weighted by molar-refractivity contribution is -0.669. The molecule has 0 amide bonds. The van der Waals surface area contributed by atoms with E-state index in [1.807, 2.05) is 66.7 Å². The number of fused-ring (bicyclic) bond motifs is 1. The zero-order chi connectivity index (χ0) is 20.2. The highest BCUT2D eigenvalue weighted by Gasteiger charge is 2.20. The third-order valence-corrected chi connectivity index (χ3v) is 4.72. The number of pyridine rings is 1. The summed E-state index contributed by atoms with van der Waals surface area (Å²) in [6, 6.07) is 24.6. The van der Waals surface area contributed by atoms with Crippen molar-refractivity contribution in [3.8, 4) is 22.8 Å². The van der Waals surface area contributed by atoms with Gasteiger partial charge >= 0.3 is 0 Å². The lowest BCUT2D eigenvalue weighted by atomic mass is 10.0. The van der Waals surface area contributed by atoms with Crippen LogP contribution >= 0.6 is 0 Å². The third-order valence-electron chi connectivity index (χ3n) is 4.72. The Labute approximate surface area is 169 Å². The maximum absolute atomic E-state index is 12.7. The summed E-state index contributed by atoms with van der Waals surface area (Å²) in [4.78, 5) is 0. The normalized spacial score (nSPS) is 11.4. The van der Waals surface area contributed by atoms with Gasteiger partial charge in [-0.05, 0) is 40.3 Å². The fraction of sp³-hybridized carbons (Fsp3) is 0.0833. The molecule has 4 aromatic rings. The molecule has 0 radical (unpaired) electrons. The second-order valence-electron chi connectivity index (χ2n) is 6.44. The second-order valence-corrected chi connectivity index (χ2v) is 6.44. The van der Waals surface area contributed by atoms with Crippen molar-refractivity contribution >= 4 is 16.7 Å². The van der Waals surface area contributed by atoms with Crippen molar-refractivity contribution in [1.29, 1.82) is 0 Å². The van der Waals surface area contributed by atoms with Gasteiger partial charge in [-0.15, -0.1) is 0 Å². The van der Waals surface area contributed by atoms with Crippen molar-refractivity contribution < 1.29 is 19.3 Å². The minimum Gasteiger partial charge on any atom is -0.854 e. The number of aromatic nitrogens is 1. The summed E-state index contributed by atoms with van der Waals surface area (Å²) >= 11 is 0. The van der Waals surface area contributed by atoms with E-state index >= 15 is 0 Å². The highest BCUT2D eigenvalue weighted by atomic mass is 16.5. The molecule has 29 heavy (non-hydrogen) atoms. The van der Waals surface area contributed by atoms with Crippen LogP contribution in [-0.2, 0) is 0 Å². The van der Waals surface area contributed by atoms with E-state index in [4.69, 9.17) is 9.47 Å². The smallest absolute Gasteiger partial charge is 0.253 e. The standard InChI is InChI=1S/C24H20N2O3/c1-28-21-13-12-19(16-22(21)29-2)23-20-11-7-6-8-17(20)14-15-26(23)25-24(27)18-9-4-3-5-10-18/h3-16H,1-2H3. The Hall–Kier alpha value is -3.86. The first-order chi connectivity index (χ1) is 14.2. The molecule has 3 aromatic carbocycles. The molecule has 5 heteroatoms. The van der Waals surface area contributed by atoms with Crippen LogP contribution in [0.1, 0.15) is 5.56 Å². The highest BCUT2D eigenvalue weighted by Crippen LogP contribution is 2.33. The molecule has 0 unspecified atom stereocenters. The molecule has 1 aromatic heterocycles. The quantitative estimate of drug-likeness (QED) is 0.301. The average Bonchev–Trinajstić information content (AvgIpc) is 2.79. The van der Waals surface area contributed by atoms with Gasteiger partial charge in [0.1, 0.15) is 0 Å². The van der Waals surface area contributed by atoms with Crippen molar-refractivity contribution in [2.45, 2.75) is 0 Å². The van der Waals surface area contributed by atoms with Crippen LogP contribution < -0.4 is 19.3 Å². The molecule has 0 saturated heterocycles. The Kier molecular flexibility index (Phi) is 5.12. The van der Waals surface area contributed by atoms with Gasteiger partial charge in [-0.3, -0.25) is 0 Å². The SMILES string of the molecule is COc1ccc(-c2c3ccccc3cc[n+]2/N=C(\[O-])c2ccccc2)cc1OC. The first kappa shape index (κ1) is 18.5. The van der Waals surface area contributed by atoms with Gasteiger partial charge < -0.3 is 14.6 Å². The van der Waals surface area contributed by atoms with Crippen LogP contribution in [0.5, 0.6) is 11.5 Å². The largest absolute Gasteiger partial charge is 0.854 e. The van der Waals surface area contributed by atoms with Crippen molar-refractivity contribution in [2.24, 2.45) is 5.10 Å². The summed E-state index contributed by atoms with van der Waals surface area (Å²) in [5.41, 5.74) is 2.20. The predicted molar refractivity (Wildman–Crippen MR) is 111 cm³/mol. The topological polar surface area (TPSA) is 57.8 Å². The predicted octanol–water partition coefficient (Wildman–Crippen LogP) is 3.38. The van der Waals surface area contributed by atoms with Crippen LogP contribution in [0.15, 0.2) is 90.2 Å². The molecule has 0 bridgehead atoms. The number of hydrogen-bond acceptors (Lipinski definition) is 4. The van der Waals surface area contributed by atoms with Crippen LogP contribution in [0.25, 0.3) is 22.0 Å². The number of ether oxygens (including phenoxy) is 2. The van der Waals surface area contributed by atoms with Gasteiger partial charge in [0, 0.05) is 6.07 Å². The maximum Gasteiger partial charge on any atom is 0.253 e. The summed E-state index contributed by atoms with van der Waals surface area (Å²) in [6.07, 6.45) is 1.80. The van der Waals surface area contributed by atoms with Crippen LogP contribution in [0.3, 0.4) is 0 Å². The van der Waals surface area contributed by atoms with Crippen molar-refractivity contribution in [3.05, 3.63) is 90.6 Å². The fourth-order valence-electron chi connectivity index (χ4n) is 3.30. The molecular formula is C24H20N2O3. The van der Waals surface area contributed by atoms with E-state index in [1.165, 1.54) is 0 Å². The molecule has 1 heterocycles. The maximum atomic E-state index is 12.7. The van der Waals surface area contributed by atoms with Crippen molar-refractivity contribution in [3.63, 3.8) is 0 Å². The summed E-state index contributed by atoms with van der Waals surface area (Å²) < 4.78 is 12.5. The van der Waals surface area contributed by atoms with E-state index in [1.54, 1.807) is 37.2 Å². The van der Waals surface area contributed by atoms with E-state index in [-0.39, 0.29) is 5.90 Å². The van der Waals surface area contributed by atoms with Gasteiger partial charge in [0.2, 0.25) is 6.20 Å². The summed E-state index contributed by atoms with van der Waals surface area (Å²) in [7, 11) is 3.20. The molecule has 0 saturated carbocycles. The monoisotopic (exact) mass is 384 g/mol. The van der Waals surface area contributed by atoms with E-state index in [2.05, 4.69) is 5.10 Å². The lowest BCUT2D eigenvalue weighted by Gasteiger charge is -2.11. The van der Waals surface area contributed by atoms with Gasteiger partial charge in [0.05, 0.1) is 31.1 Å². The second kappa shape index (κ2) is 8.02. The van der Waals surface area contributed by atoms with Crippen LogP contribution in [-0.4, -0.2) is 20.1 Å². The molecule has 0 N–H and O–H groups in total. The molecule has 0 aliphatic heterocycles. The molecule has 0 spiro atoms. The molecule has 144 valence electrons. The van der Waals surface area contributed by atoms with Gasteiger partial charge in [-0.1, -0.05) is 53.2 Å². The molecule has 0 atom stereocenters. The Morgan fingerprint density at radius 2 is 1.55 bits per heavy atom. The van der Waals surface area contributed by atoms with E-state index < -0.39 is 0 Å². The fourth-order valence-corrected chi connectivity index (χ4v) is 3.30. The van der Waals surface area contributed by atoms with Gasteiger partial charge in [-0.2, -0.15) is 0 Å². The zero-order valence-electron chi connectivity index (χ0n) is 16.2. The Bertz CT molecular complexity index is 1190. The third kappa shape index (κ3) is 3.62. The summed E-state index contributed by atoms with van der Waals surface area (Å²) in [6.45, 7) is 0. The lowest BCUT2D eigenvalue weighted by Crippen LogP contribution is -2.36. The average molecular weight is 384 g/mol. The molecule has 4 rings (SSSR count). The van der Waals surface area contributed by atoms with Crippen LogP contribution in [0, 0.1) is 0 Å². The van der Waals surface area contributed by atoms with Crippen LogP contribution in [0.4, 0.5) is 0 Å². The Balaban J connectivity index is 1.95. The first-order valence-corrected chi connectivity index (χ1v) is 9.18. The van der Waals surface area contributed by atoms with Gasteiger partial charge in [0.25, 0.3) is 5.69 Å². The Morgan fingerprint density at radius 1 is 0.828 bits per heavy atom. The first-order valence-electron chi connectivity index (χ1n) is 9.18. The van der Waals surface area contributed by atoms with Crippen molar-refractivity contribution in [1.82, 2.24) is 0 Å². The molecular weight excluding hydrogens is 364 g/mol.